The predicted octanol–water partition coefficient (Wildman–Crippen LogP) is 0.897. The van der Waals surface area contributed by atoms with E-state index >= 15 is 0 Å². The number of aromatic nitrogens is 1. The quantitative estimate of drug-likeness (QED) is 0.500. The van der Waals surface area contributed by atoms with Crippen LogP contribution in [0.3, 0.4) is 0 Å². The van der Waals surface area contributed by atoms with Gasteiger partial charge in [0.25, 0.3) is 0 Å². The van der Waals surface area contributed by atoms with Crippen LogP contribution in [-0.2, 0) is 33.1 Å². The van der Waals surface area contributed by atoms with Gasteiger partial charge in [0.15, 0.2) is 6.23 Å². The maximum absolute atomic E-state index is 11.5. The van der Waals surface area contributed by atoms with Crippen molar-refractivity contribution in [2.45, 2.75) is 24.5 Å². The van der Waals surface area contributed by atoms with E-state index in [-0.39, 0.29) is 13.0 Å². The number of carbonyl (C=O) groups excluding carboxylic acids is 1. The number of nitrogens with zero attached hydrogens (tertiary/aromatic N) is 1. The van der Waals surface area contributed by atoms with Crippen molar-refractivity contribution >= 4 is 46.6 Å². The van der Waals surface area contributed by atoms with Crippen molar-refractivity contribution in [3.05, 3.63) is 36.5 Å². The fraction of sp³-hybridized carbons (Fsp3) is 0.357. The molecule has 1 aliphatic heterocycles. The average Bonchev–Trinajstić information content (AvgIpc) is 3.20. The van der Waals surface area contributed by atoms with Gasteiger partial charge in [-0.3, -0.25) is 8.98 Å². The van der Waals surface area contributed by atoms with Crippen LogP contribution < -0.4 is 4.72 Å². The zero-order chi connectivity index (χ0) is 18.7. The standard InChI is InChI=1S/C14H18N2O7P2S/c17-8-15-26(18,19)20-7-11-12(22-24)13(23-25)14(21-11)16-6-5-9-3-1-2-4-10(9)16/h1-6,8,11-14H,7,24-25H2,(H,15,17)/t11-,12-,13-,14-/m1/s1. The number of nitrogens with one attached hydrogen (secondary N) is 1. The number of amides is 1. The summed E-state index contributed by atoms with van der Waals surface area (Å²) in [6.45, 7) is -0.345. The Hall–Kier alpha value is -1.12. The van der Waals surface area contributed by atoms with E-state index in [2.05, 4.69) is 18.9 Å². The summed E-state index contributed by atoms with van der Waals surface area (Å²) in [4.78, 5) is 10.3. The zero-order valence-electron chi connectivity index (χ0n) is 13.4. The topological polar surface area (TPSA) is 105 Å². The van der Waals surface area contributed by atoms with E-state index in [1.54, 1.807) is 4.72 Å². The number of ether oxygens (including phenoxy) is 1. The van der Waals surface area contributed by atoms with Gasteiger partial charge in [-0.25, -0.2) is 4.72 Å². The Morgan fingerprint density at radius 3 is 2.62 bits per heavy atom. The largest absolute Gasteiger partial charge is 0.362 e. The van der Waals surface area contributed by atoms with Crippen LogP contribution in [0.1, 0.15) is 6.23 Å². The molecule has 3 rings (SSSR count). The van der Waals surface area contributed by atoms with E-state index in [4.69, 9.17) is 18.0 Å². The smallest absolute Gasteiger partial charge is 0.357 e. The molecule has 1 amide bonds. The first-order chi connectivity index (χ1) is 12.5. The highest BCUT2D eigenvalue weighted by Crippen LogP contribution is 2.38. The highest BCUT2D eigenvalue weighted by molar-refractivity contribution is 7.85. The maximum Gasteiger partial charge on any atom is 0.362 e. The van der Waals surface area contributed by atoms with E-state index < -0.39 is 34.8 Å². The highest BCUT2D eigenvalue weighted by Gasteiger charge is 2.47. The van der Waals surface area contributed by atoms with Crippen molar-refractivity contribution in [1.82, 2.24) is 9.29 Å². The van der Waals surface area contributed by atoms with Crippen molar-refractivity contribution < 1.29 is 31.2 Å². The van der Waals surface area contributed by atoms with E-state index in [9.17, 15) is 13.2 Å². The van der Waals surface area contributed by atoms with Gasteiger partial charge >= 0.3 is 10.3 Å². The molecule has 1 aromatic heterocycles. The van der Waals surface area contributed by atoms with Crippen molar-refractivity contribution in [2.24, 2.45) is 0 Å². The molecule has 142 valence electrons. The number of carbonyl (C=O) groups is 1. The summed E-state index contributed by atoms with van der Waals surface area (Å²) in [5.74, 6) is 0. The van der Waals surface area contributed by atoms with Crippen LogP contribution in [0.4, 0.5) is 0 Å². The van der Waals surface area contributed by atoms with Crippen molar-refractivity contribution in [3.63, 3.8) is 0 Å². The van der Waals surface area contributed by atoms with E-state index in [0.717, 1.165) is 10.9 Å². The van der Waals surface area contributed by atoms with Crippen LogP contribution in [-0.4, -0.2) is 44.3 Å². The molecule has 6 atom stereocenters. The first-order valence-corrected chi connectivity index (χ1v) is 9.88. The molecule has 0 bridgehead atoms. The maximum atomic E-state index is 11.5. The number of hydrogen-bond donors (Lipinski definition) is 1. The van der Waals surface area contributed by atoms with Crippen LogP contribution in [0, 0.1) is 0 Å². The molecule has 1 aromatic carbocycles. The molecule has 9 nitrogen and oxygen atoms in total. The number of para-hydroxylation sites is 1. The van der Waals surface area contributed by atoms with Gasteiger partial charge < -0.3 is 18.4 Å². The number of rotatable bonds is 8. The van der Waals surface area contributed by atoms with Gasteiger partial charge in [-0.05, 0) is 17.5 Å². The molecule has 0 spiro atoms. The van der Waals surface area contributed by atoms with Crippen LogP contribution in [0.15, 0.2) is 36.5 Å². The molecule has 0 radical (unpaired) electrons. The van der Waals surface area contributed by atoms with Gasteiger partial charge in [0.1, 0.15) is 18.3 Å². The molecular formula is C14H18N2O7P2S. The zero-order valence-corrected chi connectivity index (χ0v) is 16.6. The lowest BCUT2D eigenvalue weighted by Gasteiger charge is -2.22. The average molecular weight is 420 g/mol. The number of benzene rings is 1. The predicted molar refractivity (Wildman–Crippen MR) is 99.1 cm³/mol. The van der Waals surface area contributed by atoms with E-state index in [1.807, 2.05) is 41.1 Å². The third-order valence-corrected chi connectivity index (χ3v) is 5.54. The lowest BCUT2D eigenvalue weighted by atomic mass is 10.1. The molecule has 1 saturated heterocycles. The molecule has 0 saturated carbocycles. The third-order valence-electron chi connectivity index (χ3n) is 4.08. The van der Waals surface area contributed by atoms with Gasteiger partial charge in [-0.15, -0.1) is 0 Å². The molecule has 2 unspecified atom stereocenters. The molecule has 1 N–H and O–H groups in total. The second kappa shape index (κ2) is 8.27. The fourth-order valence-electron chi connectivity index (χ4n) is 2.95. The number of fused-ring (bicyclic) bond motifs is 1. The van der Waals surface area contributed by atoms with Crippen LogP contribution in [0.5, 0.6) is 0 Å². The lowest BCUT2D eigenvalue weighted by Crippen LogP contribution is -2.36. The van der Waals surface area contributed by atoms with Crippen molar-refractivity contribution in [3.8, 4) is 0 Å². The Balaban J connectivity index is 1.84. The first-order valence-electron chi connectivity index (χ1n) is 7.53. The first kappa shape index (κ1) is 19.6. The Kier molecular flexibility index (Phi) is 6.25. The molecule has 1 aliphatic rings. The van der Waals surface area contributed by atoms with Gasteiger partial charge in [-0.1, -0.05) is 18.2 Å². The third kappa shape index (κ3) is 3.92. The summed E-state index contributed by atoms with van der Waals surface area (Å²) in [5.41, 5.74) is 0.934. The fourth-order valence-corrected chi connectivity index (χ4v) is 4.07. The summed E-state index contributed by atoms with van der Waals surface area (Å²) in [6.07, 6.45) is -0.572. The molecule has 0 aliphatic carbocycles. The summed E-state index contributed by atoms with van der Waals surface area (Å²) < 4.78 is 48.1. The highest BCUT2D eigenvalue weighted by atomic mass is 32.2. The minimum Gasteiger partial charge on any atom is -0.357 e. The molecule has 26 heavy (non-hydrogen) atoms. The summed E-state index contributed by atoms with van der Waals surface area (Å²) in [7, 11) is 0.107. The molecule has 2 heterocycles. The summed E-state index contributed by atoms with van der Waals surface area (Å²) >= 11 is 0. The Morgan fingerprint density at radius 2 is 1.92 bits per heavy atom. The number of hydrogen-bond acceptors (Lipinski definition) is 7. The normalized spacial score (nSPS) is 26.2. The Labute approximate surface area is 155 Å². The second-order valence-electron chi connectivity index (χ2n) is 5.52. The monoisotopic (exact) mass is 420 g/mol. The summed E-state index contributed by atoms with van der Waals surface area (Å²) in [6, 6.07) is 9.70. The molecular weight excluding hydrogens is 402 g/mol. The second-order valence-corrected chi connectivity index (χ2v) is 7.45. The molecule has 12 heteroatoms. The van der Waals surface area contributed by atoms with Crippen molar-refractivity contribution in [2.75, 3.05) is 6.61 Å². The van der Waals surface area contributed by atoms with Gasteiger partial charge in [-0.2, -0.15) is 8.42 Å². The van der Waals surface area contributed by atoms with Gasteiger partial charge in [0.2, 0.25) is 6.41 Å². The van der Waals surface area contributed by atoms with Gasteiger partial charge in [0, 0.05) is 25.1 Å². The van der Waals surface area contributed by atoms with Crippen molar-refractivity contribution in [1.29, 1.82) is 0 Å². The van der Waals surface area contributed by atoms with Crippen LogP contribution in [0.2, 0.25) is 0 Å². The summed E-state index contributed by atoms with van der Waals surface area (Å²) in [5, 5.41) is 1.03. The lowest BCUT2D eigenvalue weighted by molar-refractivity contribution is -0.108. The Morgan fingerprint density at radius 1 is 1.19 bits per heavy atom. The van der Waals surface area contributed by atoms with Gasteiger partial charge in [0.05, 0.1) is 12.1 Å². The van der Waals surface area contributed by atoms with Crippen LogP contribution in [0.25, 0.3) is 10.9 Å². The van der Waals surface area contributed by atoms with Crippen LogP contribution >= 0.6 is 18.9 Å². The minimum atomic E-state index is -4.19. The van der Waals surface area contributed by atoms with E-state index in [0.29, 0.717) is 0 Å². The minimum absolute atomic E-state index is 0.0256. The Bertz CT molecular complexity index is 875. The molecule has 1 fully saturated rings. The molecule has 2 aromatic rings. The SMILES string of the molecule is O=CNS(=O)(=O)OC[C@H]1O[C@@H](n2ccc3ccccc32)[C@H](OP)[C@@H]1OP. The van der Waals surface area contributed by atoms with E-state index in [1.165, 1.54) is 0 Å².